The molecule has 0 aliphatic heterocycles. The highest BCUT2D eigenvalue weighted by Gasteiger charge is 2.10. The van der Waals surface area contributed by atoms with Crippen molar-refractivity contribution >= 4 is 11.8 Å². The number of benzene rings is 2. The lowest BCUT2D eigenvalue weighted by Crippen LogP contribution is -2.24. The number of rotatable bonds is 7. The summed E-state index contributed by atoms with van der Waals surface area (Å²) in [6.07, 6.45) is 3.39. The van der Waals surface area contributed by atoms with Gasteiger partial charge < -0.3 is 15.4 Å². The van der Waals surface area contributed by atoms with E-state index in [1.165, 1.54) is 0 Å². The number of methoxy groups -OCH3 is 1. The van der Waals surface area contributed by atoms with Gasteiger partial charge in [0, 0.05) is 42.2 Å². The monoisotopic (exact) mass is 375 g/mol. The zero-order chi connectivity index (χ0) is 19.8. The number of pyridine rings is 1. The Hall–Kier alpha value is -3.67. The minimum atomic E-state index is -0.215. The molecule has 3 rings (SSSR count). The number of carbonyl (C=O) groups excluding carboxylic acids is 2. The first kappa shape index (κ1) is 19.1. The molecule has 0 bridgehead atoms. The van der Waals surface area contributed by atoms with Gasteiger partial charge in [0.25, 0.3) is 11.8 Å². The normalized spacial score (nSPS) is 10.2. The number of hydrogen-bond donors (Lipinski definition) is 2. The molecule has 0 saturated carbocycles. The minimum Gasteiger partial charge on any atom is -0.496 e. The lowest BCUT2D eigenvalue weighted by molar-refractivity contribution is 0.0939. The van der Waals surface area contributed by atoms with Gasteiger partial charge in [-0.2, -0.15) is 0 Å². The van der Waals surface area contributed by atoms with Gasteiger partial charge in [0.15, 0.2) is 0 Å². The summed E-state index contributed by atoms with van der Waals surface area (Å²) in [5, 5.41) is 5.69. The predicted octanol–water partition coefficient (Wildman–Crippen LogP) is 2.95. The number of hydrogen-bond acceptors (Lipinski definition) is 4. The van der Waals surface area contributed by atoms with E-state index in [-0.39, 0.29) is 11.8 Å². The van der Waals surface area contributed by atoms with Gasteiger partial charge in [0.05, 0.1) is 7.11 Å². The van der Waals surface area contributed by atoms with Crippen LogP contribution in [0.25, 0.3) is 0 Å². The third kappa shape index (κ3) is 4.94. The highest BCUT2D eigenvalue weighted by Crippen LogP contribution is 2.17. The average molecular weight is 375 g/mol. The van der Waals surface area contributed by atoms with E-state index in [1.54, 1.807) is 43.8 Å². The van der Waals surface area contributed by atoms with Gasteiger partial charge in [-0.3, -0.25) is 14.6 Å². The standard InChI is InChI=1S/C22H21N3O3/c1-28-20-7-3-2-6-19(20)15-25-22(27)18-10-8-17(9-11-18)21(26)24-14-16-5-4-12-23-13-16/h2-13H,14-15H2,1H3,(H,24,26)(H,25,27). The van der Waals surface area contributed by atoms with Crippen molar-refractivity contribution in [3.05, 3.63) is 95.3 Å². The first-order valence-electron chi connectivity index (χ1n) is 8.84. The van der Waals surface area contributed by atoms with Crippen LogP contribution in [-0.4, -0.2) is 23.9 Å². The summed E-state index contributed by atoms with van der Waals surface area (Å²) in [5.74, 6) is 0.307. The SMILES string of the molecule is COc1ccccc1CNC(=O)c1ccc(C(=O)NCc2cccnc2)cc1. The largest absolute Gasteiger partial charge is 0.496 e. The van der Waals surface area contributed by atoms with Crippen LogP contribution in [0.3, 0.4) is 0 Å². The molecule has 0 aliphatic rings. The molecule has 0 radical (unpaired) electrons. The molecular weight excluding hydrogens is 354 g/mol. The number of ether oxygens (including phenoxy) is 1. The zero-order valence-electron chi connectivity index (χ0n) is 15.5. The molecule has 0 atom stereocenters. The minimum absolute atomic E-state index is 0.204. The fourth-order valence-corrected chi connectivity index (χ4v) is 2.69. The van der Waals surface area contributed by atoms with E-state index in [0.29, 0.717) is 24.2 Å². The maximum atomic E-state index is 12.4. The lowest BCUT2D eigenvalue weighted by Gasteiger charge is -2.10. The van der Waals surface area contributed by atoms with Gasteiger partial charge in [0.1, 0.15) is 5.75 Å². The Balaban J connectivity index is 1.55. The van der Waals surface area contributed by atoms with E-state index in [4.69, 9.17) is 4.74 Å². The summed E-state index contributed by atoms with van der Waals surface area (Å²) in [7, 11) is 1.60. The Bertz CT molecular complexity index is 941. The second kappa shape index (κ2) is 9.32. The molecule has 0 saturated heterocycles. The van der Waals surface area contributed by atoms with Crippen molar-refractivity contribution < 1.29 is 14.3 Å². The number of amides is 2. The third-order valence-electron chi connectivity index (χ3n) is 4.22. The first-order valence-corrected chi connectivity index (χ1v) is 8.84. The molecule has 0 aliphatic carbocycles. The molecule has 3 aromatic rings. The Morgan fingerprint density at radius 2 is 1.50 bits per heavy atom. The van der Waals surface area contributed by atoms with E-state index < -0.39 is 0 Å². The van der Waals surface area contributed by atoms with Crippen LogP contribution in [0.2, 0.25) is 0 Å². The van der Waals surface area contributed by atoms with Crippen LogP contribution in [0.4, 0.5) is 0 Å². The molecule has 0 unspecified atom stereocenters. The van der Waals surface area contributed by atoms with E-state index in [2.05, 4.69) is 15.6 Å². The second-order valence-corrected chi connectivity index (χ2v) is 6.12. The molecule has 2 amide bonds. The Morgan fingerprint density at radius 3 is 2.11 bits per heavy atom. The van der Waals surface area contributed by atoms with Crippen molar-refractivity contribution in [1.29, 1.82) is 0 Å². The van der Waals surface area contributed by atoms with E-state index in [9.17, 15) is 9.59 Å². The maximum absolute atomic E-state index is 12.4. The number of carbonyl (C=O) groups is 2. The van der Waals surface area contributed by atoms with Crippen LogP contribution in [-0.2, 0) is 13.1 Å². The van der Waals surface area contributed by atoms with Gasteiger partial charge in [-0.25, -0.2) is 0 Å². The smallest absolute Gasteiger partial charge is 0.251 e. The molecule has 142 valence electrons. The summed E-state index contributed by atoms with van der Waals surface area (Å²) >= 11 is 0. The van der Waals surface area contributed by atoms with Crippen molar-refractivity contribution in [2.45, 2.75) is 13.1 Å². The number of nitrogens with zero attached hydrogens (tertiary/aromatic N) is 1. The number of aromatic nitrogens is 1. The third-order valence-corrected chi connectivity index (χ3v) is 4.22. The van der Waals surface area contributed by atoms with Gasteiger partial charge in [-0.15, -0.1) is 0 Å². The molecule has 28 heavy (non-hydrogen) atoms. The van der Waals surface area contributed by atoms with Crippen molar-refractivity contribution in [2.24, 2.45) is 0 Å². The van der Waals surface area contributed by atoms with Crippen molar-refractivity contribution in [3.8, 4) is 5.75 Å². The van der Waals surface area contributed by atoms with Crippen molar-refractivity contribution in [2.75, 3.05) is 7.11 Å². The van der Waals surface area contributed by atoms with Crippen molar-refractivity contribution in [1.82, 2.24) is 15.6 Å². The Labute approximate surface area is 163 Å². The second-order valence-electron chi connectivity index (χ2n) is 6.12. The summed E-state index contributed by atoms with van der Waals surface area (Å²) in [4.78, 5) is 28.6. The molecule has 2 N–H and O–H groups in total. The highest BCUT2D eigenvalue weighted by molar-refractivity contribution is 5.97. The van der Waals surface area contributed by atoms with Crippen LogP contribution in [0.15, 0.2) is 73.1 Å². The molecule has 6 heteroatoms. The molecule has 1 heterocycles. The fraction of sp³-hybridized carbons (Fsp3) is 0.136. The molecule has 0 fully saturated rings. The molecule has 1 aromatic heterocycles. The molecule has 6 nitrogen and oxygen atoms in total. The fourth-order valence-electron chi connectivity index (χ4n) is 2.69. The average Bonchev–Trinajstić information content (AvgIpc) is 2.76. The molecule has 0 spiro atoms. The highest BCUT2D eigenvalue weighted by atomic mass is 16.5. The van der Waals surface area contributed by atoms with E-state index in [0.717, 1.165) is 16.9 Å². The summed E-state index contributed by atoms with van der Waals surface area (Å²) in [6, 6.07) is 17.8. The predicted molar refractivity (Wildman–Crippen MR) is 106 cm³/mol. The summed E-state index contributed by atoms with van der Waals surface area (Å²) < 4.78 is 5.28. The topological polar surface area (TPSA) is 80.3 Å². The Kier molecular flexibility index (Phi) is 6.36. The van der Waals surface area contributed by atoms with Gasteiger partial charge in [0.2, 0.25) is 0 Å². The lowest BCUT2D eigenvalue weighted by atomic mass is 10.1. The Morgan fingerprint density at radius 1 is 0.857 bits per heavy atom. The molecular formula is C22H21N3O3. The maximum Gasteiger partial charge on any atom is 0.251 e. The zero-order valence-corrected chi connectivity index (χ0v) is 15.5. The molecule has 2 aromatic carbocycles. The number of nitrogens with one attached hydrogen (secondary N) is 2. The van der Waals surface area contributed by atoms with Crippen LogP contribution in [0.5, 0.6) is 5.75 Å². The van der Waals surface area contributed by atoms with E-state index in [1.807, 2.05) is 36.4 Å². The summed E-state index contributed by atoms with van der Waals surface area (Å²) in [6.45, 7) is 0.754. The number of para-hydroxylation sites is 1. The quantitative estimate of drug-likeness (QED) is 0.665. The summed E-state index contributed by atoms with van der Waals surface area (Å²) in [5.41, 5.74) is 2.79. The van der Waals surface area contributed by atoms with E-state index >= 15 is 0 Å². The van der Waals surface area contributed by atoms with Gasteiger partial charge in [-0.05, 0) is 42.0 Å². The van der Waals surface area contributed by atoms with Crippen molar-refractivity contribution in [3.63, 3.8) is 0 Å². The first-order chi connectivity index (χ1) is 13.7. The van der Waals surface area contributed by atoms with Crippen LogP contribution in [0, 0.1) is 0 Å². The van der Waals surface area contributed by atoms with Gasteiger partial charge >= 0.3 is 0 Å². The van der Waals surface area contributed by atoms with Gasteiger partial charge in [-0.1, -0.05) is 24.3 Å². The van der Waals surface area contributed by atoms with Crippen LogP contribution >= 0.6 is 0 Å². The van der Waals surface area contributed by atoms with Crippen LogP contribution < -0.4 is 15.4 Å². The van der Waals surface area contributed by atoms with Crippen LogP contribution in [0.1, 0.15) is 31.8 Å².